The van der Waals surface area contributed by atoms with Crippen molar-refractivity contribution in [1.82, 2.24) is 9.97 Å². The summed E-state index contributed by atoms with van der Waals surface area (Å²) in [6.45, 7) is 5.52. The second-order valence-electron chi connectivity index (χ2n) is 7.26. The van der Waals surface area contributed by atoms with E-state index in [1.54, 1.807) is 0 Å². The first kappa shape index (κ1) is 13.6. The van der Waals surface area contributed by atoms with Gasteiger partial charge < -0.3 is 10.3 Å². The summed E-state index contributed by atoms with van der Waals surface area (Å²) in [5.41, 5.74) is 6.00. The van der Waals surface area contributed by atoms with Gasteiger partial charge in [-0.3, -0.25) is 0 Å². The van der Waals surface area contributed by atoms with Crippen molar-refractivity contribution >= 4 is 27.5 Å². The Bertz CT molecular complexity index is 1080. The highest BCUT2D eigenvalue weighted by Crippen LogP contribution is 2.39. The Morgan fingerprint density at radius 2 is 1.83 bits per heavy atom. The lowest BCUT2D eigenvalue weighted by molar-refractivity contribution is 0.586. The van der Waals surface area contributed by atoms with Crippen molar-refractivity contribution in [2.45, 2.75) is 19.3 Å². The third kappa shape index (κ3) is 1.88. The van der Waals surface area contributed by atoms with Gasteiger partial charge in [0.2, 0.25) is 0 Å². The second kappa shape index (κ2) is 4.60. The highest BCUT2D eigenvalue weighted by molar-refractivity contribution is 5.97. The van der Waals surface area contributed by atoms with Gasteiger partial charge in [-0.2, -0.15) is 0 Å². The molecule has 5 rings (SSSR count). The van der Waals surface area contributed by atoms with Gasteiger partial charge in [0.15, 0.2) is 0 Å². The van der Waals surface area contributed by atoms with E-state index in [-0.39, 0.29) is 5.41 Å². The van der Waals surface area contributed by atoms with E-state index in [4.69, 9.17) is 4.98 Å². The van der Waals surface area contributed by atoms with Gasteiger partial charge in [-0.15, -0.1) is 0 Å². The molecule has 0 saturated carbocycles. The number of aromatic nitrogens is 2. The molecule has 3 aromatic carbocycles. The van der Waals surface area contributed by atoms with Crippen molar-refractivity contribution in [2.24, 2.45) is 0 Å². The number of anilines is 1. The van der Waals surface area contributed by atoms with E-state index in [1.807, 2.05) is 0 Å². The van der Waals surface area contributed by atoms with Gasteiger partial charge in [0.1, 0.15) is 5.82 Å². The Hall–Kier alpha value is -2.81. The van der Waals surface area contributed by atoms with Crippen LogP contribution in [0.1, 0.15) is 19.4 Å². The normalized spacial score (nSPS) is 15.6. The predicted octanol–water partition coefficient (Wildman–Crippen LogP) is 5.09. The van der Waals surface area contributed by atoms with Crippen LogP contribution < -0.4 is 5.32 Å². The second-order valence-corrected chi connectivity index (χ2v) is 7.26. The summed E-state index contributed by atoms with van der Waals surface area (Å²) in [5.74, 6) is 0.934. The first-order valence-electron chi connectivity index (χ1n) is 8.38. The fourth-order valence-electron chi connectivity index (χ4n) is 3.73. The molecule has 2 N–H and O–H groups in total. The van der Waals surface area contributed by atoms with Crippen molar-refractivity contribution in [3.63, 3.8) is 0 Å². The van der Waals surface area contributed by atoms with Crippen molar-refractivity contribution in [3.8, 4) is 11.4 Å². The lowest BCUT2D eigenvalue weighted by atomic mass is 9.87. The van der Waals surface area contributed by atoms with E-state index in [1.165, 1.54) is 22.0 Å². The molecule has 24 heavy (non-hydrogen) atoms. The number of H-pyrrole nitrogens is 1. The largest absolute Gasteiger partial charge is 0.384 e. The number of benzene rings is 3. The summed E-state index contributed by atoms with van der Waals surface area (Å²) in [4.78, 5) is 8.40. The van der Waals surface area contributed by atoms with Crippen molar-refractivity contribution in [1.29, 1.82) is 0 Å². The number of hydrogen-bond donors (Lipinski definition) is 2. The zero-order valence-electron chi connectivity index (χ0n) is 13.9. The molecule has 1 aliphatic heterocycles. The Morgan fingerprint density at radius 1 is 1.00 bits per heavy atom. The first-order chi connectivity index (χ1) is 11.6. The van der Waals surface area contributed by atoms with Crippen LogP contribution in [0.3, 0.4) is 0 Å². The number of imidazole rings is 1. The molecular formula is C21H19N3. The lowest BCUT2D eigenvalue weighted by Gasteiger charge is -2.16. The fraction of sp³-hybridized carbons (Fsp3) is 0.190. The summed E-state index contributed by atoms with van der Waals surface area (Å²) in [6, 6.07) is 19.2. The lowest BCUT2D eigenvalue weighted by Crippen LogP contribution is -2.18. The van der Waals surface area contributed by atoms with Crippen molar-refractivity contribution in [3.05, 3.63) is 60.2 Å². The smallest absolute Gasteiger partial charge is 0.139 e. The number of nitrogens with zero attached hydrogens (tertiary/aromatic N) is 1. The maximum Gasteiger partial charge on any atom is 0.139 e. The van der Waals surface area contributed by atoms with Crippen LogP contribution in [0.5, 0.6) is 0 Å². The zero-order valence-corrected chi connectivity index (χ0v) is 13.9. The quantitative estimate of drug-likeness (QED) is 0.514. The van der Waals surface area contributed by atoms with Gasteiger partial charge in [0.05, 0.1) is 11.0 Å². The summed E-state index contributed by atoms with van der Waals surface area (Å²) < 4.78 is 0. The van der Waals surface area contributed by atoms with Crippen LogP contribution in [0.25, 0.3) is 33.2 Å². The molecule has 4 aromatic rings. The Labute approximate surface area is 140 Å². The van der Waals surface area contributed by atoms with Gasteiger partial charge in [-0.1, -0.05) is 56.3 Å². The molecule has 3 heteroatoms. The van der Waals surface area contributed by atoms with Crippen LogP contribution in [-0.2, 0) is 5.41 Å². The molecule has 0 aliphatic carbocycles. The molecule has 0 fully saturated rings. The average molecular weight is 313 g/mol. The molecule has 0 saturated heterocycles. The highest BCUT2D eigenvalue weighted by atomic mass is 15.0. The van der Waals surface area contributed by atoms with Gasteiger partial charge in [0.25, 0.3) is 0 Å². The molecule has 118 valence electrons. The van der Waals surface area contributed by atoms with E-state index in [9.17, 15) is 0 Å². The molecule has 0 radical (unpaired) electrons. The summed E-state index contributed by atoms with van der Waals surface area (Å²) in [5, 5.41) is 5.98. The zero-order chi connectivity index (χ0) is 16.3. The third-order valence-electron chi connectivity index (χ3n) is 5.12. The van der Waals surface area contributed by atoms with Gasteiger partial charge in [-0.05, 0) is 28.5 Å². The predicted molar refractivity (Wildman–Crippen MR) is 101 cm³/mol. The summed E-state index contributed by atoms with van der Waals surface area (Å²) in [7, 11) is 0. The van der Waals surface area contributed by atoms with Gasteiger partial charge in [-0.25, -0.2) is 4.98 Å². The van der Waals surface area contributed by atoms with Crippen molar-refractivity contribution < 1.29 is 0 Å². The standard InChI is InChI=1S/C21H19N3/c1-21(2)12-22-17-11-19-18(10-16(17)21)23-20(24-19)15-9-5-7-13-6-3-4-8-14(13)15/h3-11,22H,12H2,1-2H3,(H,23,24). The van der Waals surface area contributed by atoms with E-state index in [0.29, 0.717) is 0 Å². The first-order valence-corrected chi connectivity index (χ1v) is 8.38. The molecule has 2 heterocycles. The van der Waals surface area contributed by atoms with Crippen LogP contribution in [0.2, 0.25) is 0 Å². The number of aromatic amines is 1. The molecule has 1 aromatic heterocycles. The van der Waals surface area contributed by atoms with Crippen LogP contribution in [0.4, 0.5) is 5.69 Å². The Kier molecular flexibility index (Phi) is 2.61. The maximum atomic E-state index is 4.89. The van der Waals surface area contributed by atoms with E-state index in [0.717, 1.165) is 29.0 Å². The highest BCUT2D eigenvalue weighted by Gasteiger charge is 2.30. The minimum Gasteiger partial charge on any atom is -0.384 e. The summed E-state index contributed by atoms with van der Waals surface area (Å²) in [6.07, 6.45) is 0. The average Bonchev–Trinajstić information content (AvgIpc) is 3.13. The Balaban J connectivity index is 1.74. The van der Waals surface area contributed by atoms with Crippen LogP contribution in [0.15, 0.2) is 54.6 Å². The molecule has 1 aliphatic rings. The van der Waals surface area contributed by atoms with Crippen LogP contribution >= 0.6 is 0 Å². The number of nitrogens with one attached hydrogen (secondary N) is 2. The van der Waals surface area contributed by atoms with Gasteiger partial charge >= 0.3 is 0 Å². The van der Waals surface area contributed by atoms with E-state index < -0.39 is 0 Å². The number of hydrogen-bond acceptors (Lipinski definition) is 2. The molecule has 0 amide bonds. The molecule has 0 bridgehead atoms. The van der Waals surface area contributed by atoms with E-state index in [2.05, 4.69) is 78.7 Å². The molecule has 3 nitrogen and oxygen atoms in total. The maximum absolute atomic E-state index is 4.89. The molecule has 0 unspecified atom stereocenters. The van der Waals surface area contributed by atoms with Crippen LogP contribution in [0, 0.1) is 0 Å². The fourth-order valence-corrected chi connectivity index (χ4v) is 3.73. The minimum absolute atomic E-state index is 0.155. The SMILES string of the molecule is CC1(C)CNc2cc3[nH]c(-c4cccc5ccccc45)nc3cc21. The van der Waals surface area contributed by atoms with Gasteiger partial charge in [0, 0.05) is 23.2 Å². The molecule has 0 spiro atoms. The topological polar surface area (TPSA) is 40.7 Å². The monoisotopic (exact) mass is 313 g/mol. The number of fused-ring (bicyclic) bond motifs is 3. The number of rotatable bonds is 1. The third-order valence-corrected chi connectivity index (χ3v) is 5.12. The minimum atomic E-state index is 0.155. The van der Waals surface area contributed by atoms with Crippen molar-refractivity contribution in [2.75, 3.05) is 11.9 Å². The van der Waals surface area contributed by atoms with E-state index >= 15 is 0 Å². The van der Waals surface area contributed by atoms with Crippen LogP contribution in [-0.4, -0.2) is 16.5 Å². The molecule has 0 atom stereocenters. The summed E-state index contributed by atoms with van der Waals surface area (Å²) >= 11 is 0. The Morgan fingerprint density at radius 3 is 2.75 bits per heavy atom. The molecular weight excluding hydrogens is 294 g/mol.